The molecule has 0 fully saturated rings. The Bertz CT molecular complexity index is 551. The van der Waals surface area contributed by atoms with Crippen molar-refractivity contribution in [2.45, 2.75) is 32.8 Å². The van der Waals surface area contributed by atoms with Gasteiger partial charge in [-0.3, -0.25) is 0 Å². The number of benzene rings is 2. The molecule has 0 bridgehead atoms. The van der Waals surface area contributed by atoms with Crippen LogP contribution in [0.4, 0.5) is 4.39 Å². The van der Waals surface area contributed by atoms with Crippen molar-refractivity contribution >= 4 is 15.9 Å². The predicted octanol–water partition coefficient (Wildman–Crippen LogP) is 5.51. The summed E-state index contributed by atoms with van der Waals surface area (Å²) in [6.45, 7) is 2.63. The van der Waals surface area contributed by atoms with Crippen LogP contribution in [0.15, 0.2) is 46.9 Å². The second-order valence-corrected chi connectivity index (χ2v) is 5.64. The molecule has 2 aromatic rings. The first kappa shape index (κ1) is 15.0. The number of halogens is 2. The molecule has 2 aromatic carbocycles. The van der Waals surface area contributed by atoms with E-state index in [0.29, 0.717) is 11.1 Å². The molecular formula is C17H18BrFO. The van der Waals surface area contributed by atoms with E-state index in [9.17, 15) is 4.39 Å². The van der Waals surface area contributed by atoms with Crippen LogP contribution < -0.4 is 4.74 Å². The number of unbranched alkanes of at least 4 members (excludes halogenated alkanes) is 1. The highest BCUT2D eigenvalue weighted by Gasteiger charge is 2.02. The van der Waals surface area contributed by atoms with Crippen molar-refractivity contribution in [3.8, 4) is 5.75 Å². The first-order chi connectivity index (χ1) is 9.69. The maximum absolute atomic E-state index is 13.1. The van der Waals surface area contributed by atoms with Crippen LogP contribution in [0.5, 0.6) is 5.75 Å². The van der Waals surface area contributed by atoms with Gasteiger partial charge in [-0.15, -0.1) is 0 Å². The van der Waals surface area contributed by atoms with Crippen LogP contribution in [0.1, 0.15) is 30.9 Å². The molecular weight excluding hydrogens is 319 g/mol. The minimum atomic E-state index is -0.256. The lowest BCUT2D eigenvalue weighted by Gasteiger charge is -2.08. The van der Waals surface area contributed by atoms with Crippen LogP contribution in [-0.2, 0) is 13.0 Å². The second kappa shape index (κ2) is 7.44. The van der Waals surface area contributed by atoms with E-state index in [1.807, 2.05) is 12.1 Å². The number of hydrogen-bond donors (Lipinski definition) is 0. The smallest absolute Gasteiger partial charge is 0.137 e. The van der Waals surface area contributed by atoms with Gasteiger partial charge in [-0.05, 0) is 64.2 Å². The number of hydrogen-bond acceptors (Lipinski definition) is 1. The van der Waals surface area contributed by atoms with Crippen LogP contribution in [0.25, 0.3) is 0 Å². The maximum Gasteiger partial charge on any atom is 0.137 e. The van der Waals surface area contributed by atoms with E-state index in [1.165, 1.54) is 24.5 Å². The van der Waals surface area contributed by atoms with Crippen molar-refractivity contribution in [3.05, 3.63) is 63.9 Å². The molecule has 0 aliphatic heterocycles. The lowest BCUT2D eigenvalue weighted by Crippen LogP contribution is -1.96. The first-order valence-corrected chi connectivity index (χ1v) is 7.64. The minimum absolute atomic E-state index is 0.256. The van der Waals surface area contributed by atoms with E-state index in [0.717, 1.165) is 17.7 Å². The van der Waals surface area contributed by atoms with Gasteiger partial charge < -0.3 is 4.74 Å². The molecule has 0 spiro atoms. The zero-order valence-corrected chi connectivity index (χ0v) is 13.1. The third-order valence-corrected chi connectivity index (χ3v) is 3.74. The fourth-order valence-electron chi connectivity index (χ4n) is 1.93. The summed E-state index contributed by atoms with van der Waals surface area (Å²) in [5, 5.41) is 0. The summed E-state index contributed by atoms with van der Waals surface area (Å²) in [6, 6.07) is 13.1. The van der Waals surface area contributed by atoms with Crippen LogP contribution in [-0.4, -0.2) is 0 Å². The highest BCUT2D eigenvalue weighted by atomic mass is 79.9. The molecule has 20 heavy (non-hydrogen) atoms. The molecule has 1 nitrogen and oxygen atoms in total. The van der Waals surface area contributed by atoms with E-state index in [2.05, 4.69) is 35.0 Å². The van der Waals surface area contributed by atoms with Crippen molar-refractivity contribution in [3.63, 3.8) is 0 Å². The highest BCUT2D eigenvalue weighted by Crippen LogP contribution is 2.19. The van der Waals surface area contributed by atoms with Crippen LogP contribution in [0.2, 0.25) is 0 Å². The summed E-state index contributed by atoms with van der Waals surface area (Å²) in [7, 11) is 0. The van der Waals surface area contributed by atoms with Crippen molar-refractivity contribution < 1.29 is 9.13 Å². The molecule has 0 aromatic heterocycles. The Kier molecular flexibility index (Phi) is 5.60. The fourth-order valence-corrected chi connectivity index (χ4v) is 2.36. The van der Waals surface area contributed by atoms with E-state index in [1.54, 1.807) is 12.1 Å². The minimum Gasteiger partial charge on any atom is -0.489 e. The highest BCUT2D eigenvalue weighted by molar-refractivity contribution is 9.10. The average molecular weight is 337 g/mol. The molecule has 0 saturated carbocycles. The lowest BCUT2D eigenvalue weighted by atomic mass is 10.1. The SMILES string of the molecule is CCCCc1ccc(OCc2ccc(F)c(Br)c2)cc1. The summed E-state index contributed by atoms with van der Waals surface area (Å²) >= 11 is 3.18. The zero-order chi connectivity index (χ0) is 14.4. The summed E-state index contributed by atoms with van der Waals surface area (Å²) in [6.07, 6.45) is 3.53. The van der Waals surface area contributed by atoms with Crippen LogP contribution in [0.3, 0.4) is 0 Å². The van der Waals surface area contributed by atoms with Gasteiger partial charge in [-0.1, -0.05) is 31.5 Å². The molecule has 0 unspecified atom stereocenters. The summed E-state index contributed by atoms with van der Waals surface area (Å²) < 4.78 is 19.3. The monoisotopic (exact) mass is 336 g/mol. The topological polar surface area (TPSA) is 9.23 Å². The van der Waals surface area contributed by atoms with Crippen molar-refractivity contribution in [2.75, 3.05) is 0 Å². The van der Waals surface area contributed by atoms with Gasteiger partial charge in [0.25, 0.3) is 0 Å². The first-order valence-electron chi connectivity index (χ1n) is 6.84. The van der Waals surface area contributed by atoms with Gasteiger partial charge in [0.05, 0.1) is 4.47 Å². The zero-order valence-electron chi connectivity index (χ0n) is 11.5. The van der Waals surface area contributed by atoms with E-state index in [4.69, 9.17) is 4.74 Å². The van der Waals surface area contributed by atoms with E-state index >= 15 is 0 Å². The summed E-state index contributed by atoms with van der Waals surface area (Å²) in [5.41, 5.74) is 2.28. The Morgan fingerprint density at radius 2 is 1.75 bits per heavy atom. The Labute approximate surface area is 127 Å². The largest absolute Gasteiger partial charge is 0.489 e. The average Bonchev–Trinajstić information content (AvgIpc) is 2.47. The fraction of sp³-hybridized carbons (Fsp3) is 0.294. The molecule has 2 rings (SSSR count). The van der Waals surface area contributed by atoms with Gasteiger partial charge in [0.2, 0.25) is 0 Å². The van der Waals surface area contributed by atoms with Crippen molar-refractivity contribution in [1.82, 2.24) is 0 Å². The third kappa shape index (κ3) is 4.34. The number of aryl methyl sites for hydroxylation is 1. The standard InChI is InChI=1S/C17H18BrFO/c1-2-3-4-13-5-8-15(9-6-13)20-12-14-7-10-17(19)16(18)11-14/h5-11H,2-4,12H2,1H3. The molecule has 0 amide bonds. The molecule has 106 valence electrons. The molecule has 0 heterocycles. The Balaban J connectivity index is 1.91. The Hall–Kier alpha value is -1.35. The predicted molar refractivity (Wildman–Crippen MR) is 83.5 cm³/mol. The van der Waals surface area contributed by atoms with Gasteiger partial charge in [-0.2, -0.15) is 0 Å². The van der Waals surface area contributed by atoms with Crippen LogP contribution >= 0.6 is 15.9 Å². The Morgan fingerprint density at radius 1 is 1.05 bits per heavy atom. The maximum atomic E-state index is 13.1. The molecule has 0 N–H and O–H groups in total. The molecule has 3 heteroatoms. The molecule has 0 saturated heterocycles. The van der Waals surface area contributed by atoms with E-state index in [-0.39, 0.29) is 5.82 Å². The molecule has 0 aliphatic rings. The molecule has 0 radical (unpaired) electrons. The number of rotatable bonds is 6. The summed E-state index contributed by atoms with van der Waals surface area (Å²) in [4.78, 5) is 0. The lowest BCUT2D eigenvalue weighted by molar-refractivity contribution is 0.306. The second-order valence-electron chi connectivity index (χ2n) is 4.78. The van der Waals surface area contributed by atoms with E-state index < -0.39 is 0 Å². The third-order valence-electron chi connectivity index (χ3n) is 3.13. The van der Waals surface area contributed by atoms with Crippen molar-refractivity contribution in [1.29, 1.82) is 0 Å². The van der Waals surface area contributed by atoms with Gasteiger partial charge >= 0.3 is 0 Å². The molecule has 0 aliphatic carbocycles. The molecule has 0 atom stereocenters. The van der Waals surface area contributed by atoms with Gasteiger partial charge in [0, 0.05) is 0 Å². The van der Waals surface area contributed by atoms with Gasteiger partial charge in [0.1, 0.15) is 18.2 Å². The van der Waals surface area contributed by atoms with Gasteiger partial charge in [-0.25, -0.2) is 4.39 Å². The number of ether oxygens (including phenoxy) is 1. The normalized spacial score (nSPS) is 10.6. The quantitative estimate of drug-likeness (QED) is 0.675. The van der Waals surface area contributed by atoms with Crippen LogP contribution in [0, 0.1) is 5.82 Å². The summed E-state index contributed by atoms with van der Waals surface area (Å²) in [5.74, 6) is 0.583. The Morgan fingerprint density at radius 3 is 2.40 bits per heavy atom. The van der Waals surface area contributed by atoms with Crippen molar-refractivity contribution in [2.24, 2.45) is 0 Å². The van der Waals surface area contributed by atoms with Gasteiger partial charge in [0.15, 0.2) is 0 Å².